The second kappa shape index (κ2) is 8.16. The van der Waals surface area contributed by atoms with Crippen LogP contribution in [-0.2, 0) is 12.0 Å². The molecule has 3 aromatic rings. The first-order chi connectivity index (χ1) is 13.3. The van der Waals surface area contributed by atoms with Crippen LogP contribution in [0.3, 0.4) is 0 Å². The first kappa shape index (κ1) is 20.1. The summed E-state index contributed by atoms with van der Waals surface area (Å²) in [5, 5.41) is 19.8. The smallest absolute Gasteiger partial charge is 0.324 e. The zero-order valence-electron chi connectivity index (χ0n) is 16.0. The van der Waals surface area contributed by atoms with Crippen LogP contribution in [0.2, 0.25) is 0 Å². The highest BCUT2D eigenvalue weighted by atomic mass is 79.9. The Bertz CT molecular complexity index is 992. The van der Waals surface area contributed by atoms with Crippen molar-refractivity contribution in [3.63, 3.8) is 0 Å². The molecule has 0 radical (unpaired) electrons. The van der Waals surface area contributed by atoms with E-state index in [0.29, 0.717) is 11.5 Å². The Balaban J connectivity index is 1.92. The Morgan fingerprint density at radius 3 is 2.54 bits per heavy atom. The number of urea groups is 1. The quantitative estimate of drug-likeness (QED) is 0.527. The first-order valence-corrected chi connectivity index (χ1v) is 9.70. The normalized spacial score (nSPS) is 11.3. The second-order valence-electron chi connectivity index (χ2n) is 7.49. The van der Waals surface area contributed by atoms with Crippen molar-refractivity contribution in [1.29, 1.82) is 0 Å². The van der Waals surface area contributed by atoms with Gasteiger partial charge >= 0.3 is 6.03 Å². The third-order valence-electron chi connectivity index (χ3n) is 4.14. The number of nitrogens with one attached hydrogen (secondary N) is 2. The maximum absolute atomic E-state index is 12.5. The van der Waals surface area contributed by atoms with Crippen molar-refractivity contribution in [2.24, 2.45) is 0 Å². The highest BCUT2D eigenvalue weighted by Crippen LogP contribution is 2.27. The molecule has 0 aliphatic carbocycles. The van der Waals surface area contributed by atoms with Crippen LogP contribution >= 0.6 is 15.9 Å². The molecule has 1 heterocycles. The van der Waals surface area contributed by atoms with E-state index in [2.05, 4.69) is 52.4 Å². The molecule has 6 nitrogen and oxygen atoms in total. The fraction of sp³-hybridized carbons (Fsp3) is 0.238. The van der Waals surface area contributed by atoms with Gasteiger partial charge < -0.3 is 10.4 Å². The van der Waals surface area contributed by atoms with Crippen molar-refractivity contribution >= 4 is 33.5 Å². The van der Waals surface area contributed by atoms with Gasteiger partial charge in [-0.25, -0.2) is 9.48 Å². The van der Waals surface area contributed by atoms with Gasteiger partial charge in [-0.05, 0) is 35.9 Å². The molecule has 0 bridgehead atoms. The minimum Gasteiger partial charge on any atom is -0.392 e. The zero-order chi connectivity index (χ0) is 20.3. The van der Waals surface area contributed by atoms with E-state index in [1.165, 1.54) is 0 Å². The number of aliphatic hydroxyl groups excluding tert-OH is 1. The lowest BCUT2D eigenvalue weighted by atomic mass is 9.92. The van der Waals surface area contributed by atoms with E-state index >= 15 is 0 Å². The fourth-order valence-electron chi connectivity index (χ4n) is 2.66. The number of nitrogens with zero attached hydrogens (tertiary/aromatic N) is 2. The van der Waals surface area contributed by atoms with Gasteiger partial charge in [0.25, 0.3) is 0 Å². The van der Waals surface area contributed by atoms with Crippen molar-refractivity contribution in [3.8, 4) is 5.69 Å². The number of benzene rings is 2. The Kier molecular flexibility index (Phi) is 5.86. The van der Waals surface area contributed by atoms with E-state index in [1.807, 2.05) is 54.6 Å². The minimum absolute atomic E-state index is 0.0621. The molecule has 0 fully saturated rings. The molecule has 3 N–H and O–H groups in total. The molecule has 0 unspecified atom stereocenters. The molecule has 2 aromatic carbocycles. The van der Waals surface area contributed by atoms with Crippen molar-refractivity contribution < 1.29 is 9.90 Å². The van der Waals surface area contributed by atoms with Crippen LogP contribution in [0, 0.1) is 0 Å². The number of halogens is 1. The first-order valence-electron chi connectivity index (χ1n) is 8.90. The average Bonchev–Trinajstić information content (AvgIpc) is 3.06. The lowest BCUT2D eigenvalue weighted by Gasteiger charge is -2.14. The van der Waals surface area contributed by atoms with Gasteiger partial charge in [0.15, 0.2) is 0 Å². The molecule has 2 amide bonds. The predicted octanol–water partition coefficient (Wildman–Crippen LogP) is 5.07. The van der Waals surface area contributed by atoms with Crippen LogP contribution in [0.1, 0.15) is 32.0 Å². The number of rotatable bonds is 4. The molecule has 3 rings (SSSR count). The van der Waals surface area contributed by atoms with Gasteiger partial charge in [-0.2, -0.15) is 5.10 Å². The summed E-state index contributed by atoms with van der Waals surface area (Å²) in [5.41, 5.74) is 2.88. The van der Waals surface area contributed by atoms with Gasteiger partial charge in [0.05, 0.1) is 18.0 Å². The van der Waals surface area contributed by atoms with Crippen LogP contribution in [0.25, 0.3) is 5.69 Å². The molecule has 7 heteroatoms. The van der Waals surface area contributed by atoms with Crippen LogP contribution in [0.5, 0.6) is 0 Å². The van der Waals surface area contributed by atoms with E-state index in [1.54, 1.807) is 4.68 Å². The van der Waals surface area contributed by atoms with Gasteiger partial charge in [0.1, 0.15) is 5.82 Å². The van der Waals surface area contributed by atoms with Gasteiger partial charge in [0.2, 0.25) is 0 Å². The third kappa shape index (κ3) is 4.79. The highest BCUT2D eigenvalue weighted by molar-refractivity contribution is 9.10. The maximum atomic E-state index is 12.5. The minimum atomic E-state index is -0.363. The monoisotopic (exact) mass is 442 g/mol. The summed E-state index contributed by atoms with van der Waals surface area (Å²) in [6.07, 6.45) is 0. The zero-order valence-corrected chi connectivity index (χ0v) is 17.6. The lowest BCUT2D eigenvalue weighted by Crippen LogP contribution is -2.21. The van der Waals surface area contributed by atoms with Crippen LogP contribution < -0.4 is 10.6 Å². The van der Waals surface area contributed by atoms with Crippen molar-refractivity contribution in [1.82, 2.24) is 9.78 Å². The topological polar surface area (TPSA) is 79.2 Å². The predicted molar refractivity (Wildman–Crippen MR) is 115 cm³/mol. The molecule has 0 aliphatic heterocycles. The molecule has 28 heavy (non-hydrogen) atoms. The van der Waals surface area contributed by atoms with Crippen LogP contribution in [-0.4, -0.2) is 20.9 Å². The number of carbonyl (C=O) groups is 1. The largest absolute Gasteiger partial charge is 0.392 e. The number of aromatic nitrogens is 2. The van der Waals surface area contributed by atoms with Gasteiger partial charge in [-0.3, -0.25) is 5.32 Å². The molecular weight excluding hydrogens is 420 g/mol. The summed E-state index contributed by atoms with van der Waals surface area (Å²) in [4.78, 5) is 12.5. The van der Waals surface area contributed by atoms with E-state index in [0.717, 1.165) is 21.4 Å². The van der Waals surface area contributed by atoms with E-state index in [9.17, 15) is 9.90 Å². The molecule has 0 saturated heterocycles. The number of aliphatic hydroxyl groups is 1. The number of carbonyl (C=O) groups excluding carboxylic acids is 1. The number of amides is 2. The second-order valence-corrected chi connectivity index (χ2v) is 8.41. The summed E-state index contributed by atoms with van der Waals surface area (Å²) < 4.78 is 2.56. The van der Waals surface area contributed by atoms with Gasteiger partial charge in [0, 0.05) is 21.6 Å². The standard InChI is InChI=1S/C21H23BrN4O2/c1-21(2,3)18-12-19(24-20(28)23-16-8-5-7-15(22)11-16)26(25-18)17-9-4-6-14(10-17)13-27/h4-12,27H,13H2,1-3H3,(H2,23,24,28). The molecule has 1 aromatic heterocycles. The van der Waals surface area contributed by atoms with Gasteiger partial charge in [-0.1, -0.05) is 54.9 Å². The summed E-state index contributed by atoms with van der Waals surface area (Å²) in [5.74, 6) is 0.549. The Morgan fingerprint density at radius 1 is 1.11 bits per heavy atom. The average molecular weight is 443 g/mol. The fourth-order valence-corrected chi connectivity index (χ4v) is 3.06. The van der Waals surface area contributed by atoms with Crippen LogP contribution in [0.15, 0.2) is 59.1 Å². The summed E-state index contributed by atoms with van der Waals surface area (Å²) >= 11 is 3.39. The van der Waals surface area contributed by atoms with Crippen molar-refractivity contribution in [3.05, 3.63) is 70.3 Å². The highest BCUT2D eigenvalue weighted by Gasteiger charge is 2.21. The Labute approximate surface area is 172 Å². The summed E-state index contributed by atoms with van der Waals surface area (Å²) in [6.45, 7) is 6.13. The summed E-state index contributed by atoms with van der Waals surface area (Å²) in [6, 6.07) is 16.3. The maximum Gasteiger partial charge on any atom is 0.324 e. The van der Waals surface area contributed by atoms with Gasteiger partial charge in [-0.15, -0.1) is 0 Å². The number of hydrogen-bond donors (Lipinski definition) is 3. The van der Waals surface area contributed by atoms with E-state index in [-0.39, 0.29) is 18.1 Å². The Hall–Kier alpha value is -2.64. The Morgan fingerprint density at radius 2 is 1.86 bits per heavy atom. The van der Waals surface area contributed by atoms with E-state index < -0.39 is 0 Å². The molecule has 0 spiro atoms. The van der Waals surface area contributed by atoms with Crippen LogP contribution in [0.4, 0.5) is 16.3 Å². The number of hydrogen-bond acceptors (Lipinski definition) is 3. The van der Waals surface area contributed by atoms with E-state index in [4.69, 9.17) is 0 Å². The molecule has 0 atom stereocenters. The van der Waals surface area contributed by atoms with Crippen molar-refractivity contribution in [2.75, 3.05) is 10.6 Å². The summed E-state index contributed by atoms with van der Waals surface area (Å²) in [7, 11) is 0. The SMILES string of the molecule is CC(C)(C)c1cc(NC(=O)Nc2cccc(Br)c2)n(-c2cccc(CO)c2)n1. The van der Waals surface area contributed by atoms with Crippen molar-refractivity contribution in [2.45, 2.75) is 32.8 Å². The third-order valence-corrected chi connectivity index (χ3v) is 4.63. The molecule has 0 saturated carbocycles. The number of anilines is 2. The lowest BCUT2D eigenvalue weighted by molar-refractivity contribution is 0.262. The molecule has 0 aliphatic rings. The molecular formula is C21H23BrN4O2. The molecule has 146 valence electrons.